The van der Waals surface area contributed by atoms with Crippen LogP contribution in [0.1, 0.15) is 31.5 Å². The van der Waals surface area contributed by atoms with Gasteiger partial charge in [-0.25, -0.2) is 9.48 Å². The molecule has 0 radical (unpaired) electrons. The topological polar surface area (TPSA) is 61.1 Å². The van der Waals surface area contributed by atoms with Crippen LogP contribution >= 0.6 is 0 Å². The maximum Gasteiger partial charge on any atom is 0.345 e. The smallest absolute Gasteiger partial charge is 0.345 e. The van der Waals surface area contributed by atoms with Gasteiger partial charge in [-0.1, -0.05) is 0 Å². The molecule has 0 bridgehead atoms. The summed E-state index contributed by atoms with van der Waals surface area (Å²) in [6, 6.07) is 0. The van der Waals surface area contributed by atoms with Crippen LogP contribution in [0.25, 0.3) is 0 Å². The standard InChI is InChI=1S/C13H22N4O2/c18-13-16-7-2-1-5-12(16)15-17(13)8-6-14-10-11-4-3-9-19-11/h11,14H,1-10H2. The van der Waals surface area contributed by atoms with E-state index in [9.17, 15) is 4.79 Å². The number of nitrogens with zero attached hydrogens (tertiary/aromatic N) is 3. The highest BCUT2D eigenvalue weighted by atomic mass is 16.5. The van der Waals surface area contributed by atoms with Crippen molar-refractivity contribution in [2.45, 2.75) is 51.3 Å². The first-order valence-corrected chi connectivity index (χ1v) is 7.33. The fraction of sp³-hybridized carbons (Fsp3) is 0.846. The summed E-state index contributed by atoms with van der Waals surface area (Å²) in [5, 5.41) is 7.76. The van der Waals surface area contributed by atoms with Crippen LogP contribution < -0.4 is 11.0 Å². The van der Waals surface area contributed by atoms with Gasteiger partial charge >= 0.3 is 5.69 Å². The Bertz CT molecular complexity index is 473. The van der Waals surface area contributed by atoms with Gasteiger partial charge < -0.3 is 10.1 Å². The van der Waals surface area contributed by atoms with Gasteiger partial charge in [0.25, 0.3) is 0 Å². The minimum Gasteiger partial charge on any atom is -0.377 e. The van der Waals surface area contributed by atoms with E-state index in [1.165, 1.54) is 6.42 Å². The van der Waals surface area contributed by atoms with Gasteiger partial charge in [-0.15, -0.1) is 0 Å². The highest BCUT2D eigenvalue weighted by molar-refractivity contribution is 4.91. The molecule has 19 heavy (non-hydrogen) atoms. The van der Waals surface area contributed by atoms with E-state index in [2.05, 4.69) is 10.4 Å². The van der Waals surface area contributed by atoms with Crippen LogP contribution in [0.2, 0.25) is 0 Å². The number of aromatic nitrogens is 3. The van der Waals surface area contributed by atoms with Crippen LogP contribution in [0, 0.1) is 0 Å². The van der Waals surface area contributed by atoms with E-state index < -0.39 is 0 Å². The molecule has 106 valence electrons. The first-order chi connectivity index (χ1) is 9.34. The third-order valence-corrected chi connectivity index (χ3v) is 3.93. The van der Waals surface area contributed by atoms with Gasteiger partial charge in [0, 0.05) is 32.7 Å². The van der Waals surface area contributed by atoms with Crippen molar-refractivity contribution in [1.29, 1.82) is 0 Å². The maximum atomic E-state index is 12.1. The van der Waals surface area contributed by atoms with Crippen molar-refractivity contribution in [3.05, 3.63) is 16.3 Å². The number of rotatable bonds is 5. The van der Waals surface area contributed by atoms with E-state index in [-0.39, 0.29) is 5.69 Å². The van der Waals surface area contributed by atoms with Crippen molar-refractivity contribution in [3.63, 3.8) is 0 Å². The molecule has 1 aromatic rings. The first kappa shape index (κ1) is 12.9. The average molecular weight is 266 g/mol. The molecule has 1 aromatic heterocycles. The molecule has 0 aromatic carbocycles. The highest BCUT2D eigenvalue weighted by Gasteiger charge is 2.17. The SMILES string of the molecule is O=c1n(CCNCC2CCCO2)nc2n1CCCC2. The molecule has 1 unspecified atom stereocenters. The molecule has 0 amide bonds. The van der Waals surface area contributed by atoms with Crippen molar-refractivity contribution >= 4 is 0 Å². The van der Waals surface area contributed by atoms with Gasteiger partial charge in [-0.05, 0) is 25.7 Å². The molecule has 3 rings (SSSR count). The Hall–Kier alpha value is -1.14. The van der Waals surface area contributed by atoms with E-state index in [4.69, 9.17) is 4.74 Å². The summed E-state index contributed by atoms with van der Waals surface area (Å²) >= 11 is 0. The molecule has 3 heterocycles. The molecule has 0 saturated carbocycles. The Balaban J connectivity index is 1.49. The van der Waals surface area contributed by atoms with Crippen molar-refractivity contribution < 1.29 is 4.74 Å². The number of hydrogen-bond acceptors (Lipinski definition) is 4. The Labute approximate surface area is 112 Å². The van der Waals surface area contributed by atoms with Gasteiger partial charge in [0.1, 0.15) is 5.82 Å². The summed E-state index contributed by atoms with van der Waals surface area (Å²) in [6.07, 6.45) is 5.84. The van der Waals surface area contributed by atoms with Crippen LogP contribution in [0.3, 0.4) is 0 Å². The zero-order chi connectivity index (χ0) is 13.1. The molecule has 1 N–H and O–H groups in total. The predicted octanol–water partition coefficient (Wildman–Crippen LogP) is 0.150. The minimum absolute atomic E-state index is 0.0496. The third-order valence-electron chi connectivity index (χ3n) is 3.93. The summed E-state index contributed by atoms with van der Waals surface area (Å²) in [5.74, 6) is 0.954. The third kappa shape index (κ3) is 2.90. The molecule has 2 aliphatic rings. The lowest BCUT2D eigenvalue weighted by atomic mass is 10.2. The van der Waals surface area contributed by atoms with Crippen LogP contribution in [0.4, 0.5) is 0 Å². The van der Waals surface area contributed by atoms with Crippen molar-refractivity contribution in [2.75, 3.05) is 19.7 Å². The van der Waals surface area contributed by atoms with Crippen LogP contribution in [-0.4, -0.2) is 40.1 Å². The normalized spacial score (nSPS) is 22.6. The van der Waals surface area contributed by atoms with Crippen molar-refractivity contribution in [3.8, 4) is 0 Å². The molecular formula is C13H22N4O2. The Morgan fingerprint density at radius 2 is 2.32 bits per heavy atom. The molecule has 0 spiro atoms. The number of aryl methyl sites for hydroxylation is 1. The summed E-state index contributed by atoms with van der Waals surface area (Å²) in [7, 11) is 0. The maximum absolute atomic E-state index is 12.1. The van der Waals surface area contributed by atoms with E-state index in [1.807, 2.05) is 4.57 Å². The van der Waals surface area contributed by atoms with Crippen molar-refractivity contribution in [1.82, 2.24) is 19.7 Å². The number of fused-ring (bicyclic) bond motifs is 1. The van der Waals surface area contributed by atoms with Crippen LogP contribution in [0.15, 0.2) is 4.79 Å². The summed E-state index contributed by atoms with van der Waals surface area (Å²) in [4.78, 5) is 12.1. The monoisotopic (exact) mass is 266 g/mol. The Morgan fingerprint density at radius 3 is 3.11 bits per heavy atom. The predicted molar refractivity (Wildman–Crippen MR) is 71.3 cm³/mol. The molecule has 1 atom stereocenters. The summed E-state index contributed by atoms with van der Waals surface area (Å²) in [6.45, 7) is 4.02. The summed E-state index contributed by atoms with van der Waals surface area (Å²) in [5.41, 5.74) is 0.0496. The summed E-state index contributed by atoms with van der Waals surface area (Å²) < 4.78 is 8.97. The molecule has 6 heteroatoms. The molecule has 6 nitrogen and oxygen atoms in total. The zero-order valence-corrected chi connectivity index (χ0v) is 11.3. The highest BCUT2D eigenvalue weighted by Crippen LogP contribution is 2.10. The van der Waals surface area contributed by atoms with E-state index in [0.29, 0.717) is 12.6 Å². The molecule has 0 aliphatic carbocycles. The van der Waals surface area contributed by atoms with E-state index >= 15 is 0 Å². The van der Waals surface area contributed by atoms with Gasteiger partial charge in [0.2, 0.25) is 0 Å². The second kappa shape index (κ2) is 5.88. The van der Waals surface area contributed by atoms with Crippen molar-refractivity contribution in [2.24, 2.45) is 0 Å². The fourth-order valence-corrected chi connectivity index (χ4v) is 2.85. The quantitative estimate of drug-likeness (QED) is 0.771. The molecule has 1 fully saturated rings. The lowest BCUT2D eigenvalue weighted by Gasteiger charge is -2.10. The second-order valence-electron chi connectivity index (χ2n) is 5.37. The molecule has 2 aliphatic heterocycles. The lowest BCUT2D eigenvalue weighted by molar-refractivity contribution is 0.110. The van der Waals surface area contributed by atoms with E-state index in [0.717, 1.165) is 57.7 Å². The van der Waals surface area contributed by atoms with Gasteiger partial charge in [-0.2, -0.15) is 5.10 Å². The van der Waals surface area contributed by atoms with Gasteiger partial charge in [0.05, 0.1) is 12.6 Å². The zero-order valence-electron chi connectivity index (χ0n) is 11.3. The molecule has 1 saturated heterocycles. The minimum atomic E-state index is 0.0496. The lowest BCUT2D eigenvalue weighted by Crippen LogP contribution is -2.33. The molecular weight excluding hydrogens is 244 g/mol. The Morgan fingerprint density at radius 1 is 1.37 bits per heavy atom. The number of ether oxygens (including phenoxy) is 1. The largest absolute Gasteiger partial charge is 0.377 e. The number of nitrogens with one attached hydrogen (secondary N) is 1. The Kier molecular flexibility index (Phi) is 3.98. The van der Waals surface area contributed by atoms with Gasteiger partial charge in [0.15, 0.2) is 0 Å². The van der Waals surface area contributed by atoms with E-state index in [1.54, 1.807) is 4.68 Å². The fourth-order valence-electron chi connectivity index (χ4n) is 2.85. The first-order valence-electron chi connectivity index (χ1n) is 7.33. The number of hydrogen-bond donors (Lipinski definition) is 1. The van der Waals surface area contributed by atoms with Crippen LogP contribution in [0.5, 0.6) is 0 Å². The van der Waals surface area contributed by atoms with Crippen LogP contribution in [-0.2, 0) is 24.2 Å². The van der Waals surface area contributed by atoms with Gasteiger partial charge in [-0.3, -0.25) is 4.57 Å². The second-order valence-corrected chi connectivity index (χ2v) is 5.37. The average Bonchev–Trinajstić information content (AvgIpc) is 3.04.